The van der Waals surface area contributed by atoms with Gasteiger partial charge in [-0.1, -0.05) is 0 Å². The molecule has 2 aliphatic rings. The standard InChI is InChI=1S/C17H22F3N3O3/c1-25-9-13(23-15(24)22-12-7-16(8-12)3-4-16)11-2-5-21-14(6-11)26-10-17(18,19)20/h2,5-6,12-13H,3-4,7-10H2,1H3,(H2,22,23,24)/t13-/m1/s1. The van der Waals surface area contributed by atoms with Crippen LogP contribution in [0.3, 0.4) is 0 Å². The van der Waals surface area contributed by atoms with Crippen LogP contribution in [0.25, 0.3) is 0 Å². The van der Waals surface area contributed by atoms with E-state index in [2.05, 4.69) is 20.4 Å². The summed E-state index contributed by atoms with van der Waals surface area (Å²) < 4.78 is 46.6. The second kappa shape index (κ2) is 7.30. The van der Waals surface area contributed by atoms with E-state index in [1.54, 1.807) is 6.07 Å². The Balaban J connectivity index is 1.56. The number of urea groups is 1. The number of aromatic nitrogens is 1. The molecule has 2 N–H and O–H groups in total. The number of pyridine rings is 1. The Kier molecular flexibility index (Phi) is 5.27. The van der Waals surface area contributed by atoms with Gasteiger partial charge in [0.15, 0.2) is 6.61 Å². The second-order valence-electron chi connectivity index (χ2n) is 7.06. The highest BCUT2D eigenvalue weighted by atomic mass is 19.4. The Hall–Kier alpha value is -2.03. The van der Waals surface area contributed by atoms with Crippen LogP contribution in [0.2, 0.25) is 0 Å². The van der Waals surface area contributed by atoms with Gasteiger partial charge >= 0.3 is 12.2 Å². The summed E-state index contributed by atoms with van der Waals surface area (Å²) in [6.45, 7) is -1.25. The quantitative estimate of drug-likeness (QED) is 0.771. The Labute approximate surface area is 149 Å². The zero-order chi connectivity index (χ0) is 18.8. The monoisotopic (exact) mass is 373 g/mol. The highest BCUT2D eigenvalue weighted by Crippen LogP contribution is 2.60. The lowest BCUT2D eigenvalue weighted by Crippen LogP contribution is -2.50. The second-order valence-corrected chi connectivity index (χ2v) is 7.06. The van der Waals surface area contributed by atoms with Crippen molar-refractivity contribution in [1.29, 1.82) is 0 Å². The van der Waals surface area contributed by atoms with E-state index in [0.717, 1.165) is 12.8 Å². The molecule has 1 atom stereocenters. The molecule has 1 aromatic heterocycles. The predicted octanol–water partition coefficient (Wildman–Crippen LogP) is 2.95. The van der Waals surface area contributed by atoms with Gasteiger partial charge in [0.1, 0.15) is 0 Å². The van der Waals surface area contributed by atoms with Crippen LogP contribution in [-0.2, 0) is 4.74 Å². The summed E-state index contributed by atoms with van der Waals surface area (Å²) >= 11 is 0. The number of halogens is 3. The van der Waals surface area contributed by atoms with Gasteiger partial charge < -0.3 is 20.1 Å². The number of carbonyl (C=O) groups excluding carboxylic acids is 1. The molecule has 0 aromatic carbocycles. The van der Waals surface area contributed by atoms with Gasteiger partial charge in [0.2, 0.25) is 5.88 Å². The molecule has 9 heteroatoms. The van der Waals surface area contributed by atoms with E-state index < -0.39 is 18.8 Å². The van der Waals surface area contributed by atoms with Gasteiger partial charge in [-0.05, 0) is 42.7 Å². The van der Waals surface area contributed by atoms with Gasteiger partial charge in [-0.3, -0.25) is 0 Å². The molecule has 144 valence electrons. The summed E-state index contributed by atoms with van der Waals surface area (Å²) in [6.07, 6.45) is 1.42. The predicted molar refractivity (Wildman–Crippen MR) is 86.8 cm³/mol. The highest BCUT2D eigenvalue weighted by molar-refractivity contribution is 5.75. The van der Waals surface area contributed by atoms with Gasteiger partial charge in [0.25, 0.3) is 0 Å². The smallest absolute Gasteiger partial charge is 0.422 e. The van der Waals surface area contributed by atoms with E-state index in [1.807, 2.05) is 0 Å². The zero-order valence-electron chi connectivity index (χ0n) is 14.4. The molecule has 2 saturated carbocycles. The van der Waals surface area contributed by atoms with E-state index in [1.165, 1.54) is 32.2 Å². The van der Waals surface area contributed by atoms with Crippen molar-refractivity contribution in [3.05, 3.63) is 23.9 Å². The van der Waals surface area contributed by atoms with E-state index in [-0.39, 0.29) is 24.6 Å². The maximum atomic E-state index is 12.3. The summed E-state index contributed by atoms with van der Waals surface area (Å²) in [4.78, 5) is 16.0. The Morgan fingerprint density at radius 3 is 2.77 bits per heavy atom. The molecule has 2 aliphatic carbocycles. The normalized spacial score (nSPS) is 19.5. The molecular formula is C17H22F3N3O3. The molecule has 0 bridgehead atoms. The molecule has 6 nitrogen and oxygen atoms in total. The molecule has 3 rings (SSSR count). The van der Waals surface area contributed by atoms with Crippen LogP contribution in [-0.4, -0.2) is 43.6 Å². The lowest BCUT2D eigenvalue weighted by atomic mass is 9.77. The first kappa shape index (κ1) is 18.8. The van der Waals surface area contributed by atoms with Crippen LogP contribution in [0.5, 0.6) is 5.88 Å². The fraction of sp³-hybridized carbons (Fsp3) is 0.647. The van der Waals surface area contributed by atoms with Crippen molar-refractivity contribution in [2.24, 2.45) is 5.41 Å². The van der Waals surface area contributed by atoms with Gasteiger partial charge in [0, 0.05) is 25.4 Å². The number of rotatable bonds is 7. The van der Waals surface area contributed by atoms with Crippen molar-refractivity contribution in [3.63, 3.8) is 0 Å². The van der Waals surface area contributed by atoms with Crippen molar-refractivity contribution in [2.75, 3.05) is 20.3 Å². The van der Waals surface area contributed by atoms with Crippen LogP contribution in [0, 0.1) is 5.41 Å². The van der Waals surface area contributed by atoms with E-state index >= 15 is 0 Å². The van der Waals surface area contributed by atoms with E-state index in [9.17, 15) is 18.0 Å². The van der Waals surface area contributed by atoms with Crippen molar-refractivity contribution in [2.45, 2.75) is 43.9 Å². The average molecular weight is 373 g/mol. The first-order valence-corrected chi connectivity index (χ1v) is 8.50. The average Bonchev–Trinajstić information content (AvgIpc) is 3.32. The van der Waals surface area contributed by atoms with Crippen LogP contribution < -0.4 is 15.4 Å². The Morgan fingerprint density at radius 2 is 2.15 bits per heavy atom. The molecule has 1 heterocycles. The molecule has 0 radical (unpaired) electrons. The SMILES string of the molecule is COC[C@@H](NC(=O)NC1CC2(CC2)C1)c1ccnc(OCC(F)(F)F)c1. The van der Waals surface area contributed by atoms with Crippen molar-refractivity contribution in [1.82, 2.24) is 15.6 Å². The minimum atomic E-state index is -4.44. The number of ether oxygens (including phenoxy) is 2. The molecule has 2 amide bonds. The van der Waals surface area contributed by atoms with E-state index in [4.69, 9.17) is 4.74 Å². The first-order valence-electron chi connectivity index (χ1n) is 8.50. The van der Waals surface area contributed by atoms with Gasteiger partial charge in [0.05, 0.1) is 12.6 Å². The van der Waals surface area contributed by atoms with Crippen LogP contribution in [0.1, 0.15) is 37.3 Å². The number of methoxy groups -OCH3 is 1. The summed E-state index contributed by atoms with van der Waals surface area (Å²) in [7, 11) is 1.48. The number of alkyl halides is 3. The minimum absolute atomic E-state index is 0.155. The number of carbonyl (C=O) groups is 1. The van der Waals surface area contributed by atoms with Crippen LogP contribution >= 0.6 is 0 Å². The van der Waals surface area contributed by atoms with Crippen molar-refractivity contribution >= 4 is 6.03 Å². The van der Waals surface area contributed by atoms with E-state index in [0.29, 0.717) is 11.0 Å². The molecule has 0 aliphatic heterocycles. The molecular weight excluding hydrogens is 351 g/mol. The highest BCUT2D eigenvalue weighted by Gasteiger charge is 2.53. The fourth-order valence-corrected chi connectivity index (χ4v) is 3.32. The zero-order valence-corrected chi connectivity index (χ0v) is 14.4. The molecule has 1 aromatic rings. The summed E-state index contributed by atoms with van der Waals surface area (Å²) in [6, 6.07) is 2.32. The molecule has 26 heavy (non-hydrogen) atoms. The lowest BCUT2D eigenvalue weighted by Gasteiger charge is -2.36. The van der Waals surface area contributed by atoms with Gasteiger partial charge in [-0.2, -0.15) is 13.2 Å². The van der Waals surface area contributed by atoms with Gasteiger partial charge in [-0.15, -0.1) is 0 Å². The number of hydrogen-bond donors (Lipinski definition) is 2. The third-order valence-corrected chi connectivity index (χ3v) is 4.83. The molecule has 2 fully saturated rings. The fourth-order valence-electron chi connectivity index (χ4n) is 3.32. The maximum Gasteiger partial charge on any atom is 0.422 e. The largest absolute Gasteiger partial charge is 0.468 e. The summed E-state index contributed by atoms with van der Waals surface area (Å²) in [5.41, 5.74) is 1.04. The van der Waals surface area contributed by atoms with Crippen molar-refractivity contribution in [3.8, 4) is 5.88 Å². The summed E-state index contributed by atoms with van der Waals surface area (Å²) in [5, 5.41) is 5.73. The number of nitrogens with one attached hydrogen (secondary N) is 2. The number of amides is 2. The molecule has 0 saturated heterocycles. The lowest BCUT2D eigenvalue weighted by molar-refractivity contribution is -0.154. The summed E-state index contributed by atoms with van der Waals surface area (Å²) in [5.74, 6) is -0.155. The third kappa shape index (κ3) is 5.00. The van der Waals surface area contributed by atoms with Crippen LogP contribution in [0.15, 0.2) is 18.3 Å². The Bertz CT molecular complexity index is 642. The topological polar surface area (TPSA) is 72.5 Å². The minimum Gasteiger partial charge on any atom is -0.468 e. The number of nitrogens with zero attached hydrogens (tertiary/aromatic N) is 1. The van der Waals surface area contributed by atoms with Gasteiger partial charge in [-0.25, -0.2) is 9.78 Å². The first-order chi connectivity index (χ1) is 12.3. The molecule has 1 spiro atoms. The maximum absolute atomic E-state index is 12.3. The molecule has 0 unspecified atom stereocenters. The number of hydrogen-bond acceptors (Lipinski definition) is 4. The van der Waals surface area contributed by atoms with Crippen LogP contribution in [0.4, 0.5) is 18.0 Å². The Morgan fingerprint density at radius 1 is 1.42 bits per heavy atom. The van der Waals surface area contributed by atoms with Crippen molar-refractivity contribution < 1.29 is 27.4 Å². The third-order valence-electron chi connectivity index (χ3n) is 4.83.